The van der Waals surface area contributed by atoms with Crippen LogP contribution >= 0.6 is 0 Å². The van der Waals surface area contributed by atoms with Gasteiger partial charge in [-0.15, -0.1) is 0 Å². The Balaban J connectivity index is 2.41. The SMILES string of the molecule is CC(C)(C)OC(=O)NC1=CCC[C@H](CO)OC1. The van der Waals surface area contributed by atoms with Gasteiger partial charge in [0.1, 0.15) is 5.60 Å². The zero-order valence-electron chi connectivity index (χ0n) is 10.7. The Morgan fingerprint density at radius 3 is 2.94 bits per heavy atom. The van der Waals surface area contributed by atoms with Crippen molar-refractivity contribution in [1.29, 1.82) is 0 Å². The fraction of sp³-hybridized carbons (Fsp3) is 0.750. The van der Waals surface area contributed by atoms with Crippen molar-refractivity contribution < 1.29 is 19.4 Å². The molecule has 0 unspecified atom stereocenters. The van der Waals surface area contributed by atoms with Crippen molar-refractivity contribution in [2.45, 2.75) is 45.3 Å². The van der Waals surface area contributed by atoms with E-state index in [2.05, 4.69) is 5.32 Å². The highest BCUT2D eigenvalue weighted by Gasteiger charge is 2.18. The maximum atomic E-state index is 11.5. The Hall–Kier alpha value is -1.07. The first-order chi connectivity index (χ1) is 7.90. The first-order valence-corrected chi connectivity index (χ1v) is 5.82. The smallest absolute Gasteiger partial charge is 0.411 e. The molecule has 1 aliphatic heterocycles. The molecular weight excluding hydrogens is 222 g/mol. The molecule has 1 amide bonds. The molecule has 0 bridgehead atoms. The van der Waals surface area contributed by atoms with Crippen molar-refractivity contribution in [3.05, 3.63) is 11.8 Å². The summed E-state index contributed by atoms with van der Waals surface area (Å²) in [5, 5.41) is 11.6. The van der Waals surface area contributed by atoms with Gasteiger partial charge in [-0.05, 0) is 33.6 Å². The van der Waals surface area contributed by atoms with Crippen LogP contribution in [0.3, 0.4) is 0 Å². The minimum absolute atomic E-state index is 0.00750. The van der Waals surface area contributed by atoms with Crippen molar-refractivity contribution in [1.82, 2.24) is 5.32 Å². The quantitative estimate of drug-likeness (QED) is 0.772. The Morgan fingerprint density at radius 1 is 1.65 bits per heavy atom. The lowest BCUT2D eigenvalue weighted by Gasteiger charge is -2.20. The van der Waals surface area contributed by atoms with E-state index in [1.54, 1.807) is 0 Å². The molecule has 0 saturated heterocycles. The summed E-state index contributed by atoms with van der Waals surface area (Å²) in [6.07, 6.45) is 2.81. The summed E-state index contributed by atoms with van der Waals surface area (Å²) >= 11 is 0. The number of rotatable bonds is 2. The van der Waals surface area contributed by atoms with Crippen LogP contribution < -0.4 is 5.32 Å². The highest BCUT2D eigenvalue weighted by molar-refractivity contribution is 5.70. The van der Waals surface area contributed by atoms with Gasteiger partial charge in [0.15, 0.2) is 0 Å². The summed E-state index contributed by atoms with van der Waals surface area (Å²) in [5.41, 5.74) is 0.180. The summed E-state index contributed by atoms with van der Waals surface area (Å²) < 4.78 is 10.5. The third-order valence-electron chi connectivity index (χ3n) is 2.22. The number of hydrogen-bond acceptors (Lipinski definition) is 4. The van der Waals surface area contributed by atoms with Gasteiger partial charge in [0, 0.05) is 5.70 Å². The number of aliphatic hydroxyl groups excluding tert-OH is 1. The molecule has 5 nitrogen and oxygen atoms in total. The zero-order chi connectivity index (χ0) is 12.9. The highest BCUT2D eigenvalue weighted by Crippen LogP contribution is 2.12. The summed E-state index contributed by atoms with van der Waals surface area (Å²) in [6.45, 7) is 5.74. The van der Waals surface area contributed by atoms with Gasteiger partial charge in [-0.3, -0.25) is 5.32 Å². The lowest BCUT2D eigenvalue weighted by molar-refractivity contribution is 0.0208. The molecule has 0 aromatic carbocycles. The summed E-state index contributed by atoms with van der Waals surface area (Å²) in [6, 6.07) is 0. The third kappa shape index (κ3) is 5.70. The van der Waals surface area contributed by atoms with E-state index in [0.717, 1.165) is 12.8 Å². The molecule has 1 heterocycles. The van der Waals surface area contributed by atoms with Crippen molar-refractivity contribution in [2.75, 3.05) is 13.2 Å². The Morgan fingerprint density at radius 2 is 2.35 bits per heavy atom. The molecule has 0 saturated carbocycles. The van der Waals surface area contributed by atoms with E-state index in [4.69, 9.17) is 14.6 Å². The predicted molar refractivity (Wildman–Crippen MR) is 63.5 cm³/mol. The number of allylic oxidation sites excluding steroid dienone is 1. The van der Waals surface area contributed by atoms with E-state index in [1.165, 1.54) is 0 Å². The van der Waals surface area contributed by atoms with Crippen LogP contribution in [0.4, 0.5) is 4.79 Å². The number of amides is 1. The number of carbonyl (C=O) groups is 1. The molecule has 0 aliphatic carbocycles. The fourth-order valence-corrected chi connectivity index (χ4v) is 1.46. The molecule has 5 heteroatoms. The molecule has 1 aliphatic rings. The van der Waals surface area contributed by atoms with Crippen LogP contribution in [-0.2, 0) is 9.47 Å². The zero-order valence-corrected chi connectivity index (χ0v) is 10.7. The largest absolute Gasteiger partial charge is 0.444 e. The van der Waals surface area contributed by atoms with E-state index in [0.29, 0.717) is 12.3 Å². The topological polar surface area (TPSA) is 67.8 Å². The monoisotopic (exact) mass is 243 g/mol. The Labute approximate surface area is 102 Å². The van der Waals surface area contributed by atoms with Gasteiger partial charge in [-0.25, -0.2) is 4.79 Å². The average molecular weight is 243 g/mol. The average Bonchev–Trinajstić information content (AvgIpc) is 2.40. The minimum Gasteiger partial charge on any atom is -0.444 e. The van der Waals surface area contributed by atoms with Crippen molar-refractivity contribution in [2.24, 2.45) is 0 Å². The molecular formula is C12H21NO4. The molecule has 0 radical (unpaired) electrons. The molecule has 98 valence electrons. The molecule has 17 heavy (non-hydrogen) atoms. The molecule has 0 fully saturated rings. The molecule has 0 aromatic rings. The number of carbonyl (C=O) groups excluding carboxylic acids is 1. The van der Waals surface area contributed by atoms with Gasteiger partial charge >= 0.3 is 6.09 Å². The van der Waals surface area contributed by atoms with Crippen LogP contribution in [0.1, 0.15) is 33.6 Å². The van der Waals surface area contributed by atoms with E-state index < -0.39 is 11.7 Å². The van der Waals surface area contributed by atoms with Crippen molar-refractivity contribution in [3.63, 3.8) is 0 Å². The lowest BCUT2D eigenvalue weighted by atomic mass is 10.2. The van der Waals surface area contributed by atoms with Gasteiger partial charge < -0.3 is 14.6 Å². The van der Waals surface area contributed by atoms with Crippen LogP contribution in [0.15, 0.2) is 11.8 Å². The first kappa shape index (κ1) is 14.0. The summed E-state index contributed by atoms with van der Waals surface area (Å²) in [7, 11) is 0. The molecule has 2 N–H and O–H groups in total. The van der Waals surface area contributed by atoms with E-state index in [-0.39, 0.29) is 12.7 Å². The van der Waals surface area contributed by atoms with E-state index in [9.17, 15) is 4.79 Å². The fourth-order valence-electron chi connectivity index (χ4n) is 1.46. The van der Waals surface area contributed by atoms with E-state index >= 15 is 0 Å². The summed E-state index contributed by atoms with van der Waals surface area (Å²) in [5.74, 6) is 0. The Kier molecular flexibility index (Phi) is 4.96. The third-order valence-corrected chi connectivity index (χ3v) is 2.22. The standard InChI is InChI=1S/C12H21NO4/c1-12(2,3)17-11(15)13-9-5-4-6-10(7-14)16-8-9/h5,10,14H,4,6-8H2,1-3H3,(H,13,15)/t10-/m1/s1. The maximum absolute atomic E-state index is 11.5. The van der Waals surface area contributed by atoms with Crippen LogP contribution in [0.5, 0.6) is 0 Å². The summed E-state index contributed by atoms with van der Waals surface area (Å²) in [4.78, 5) is 11.5. The van der Waals surface area contributed by atoms with Gasteiger partial charge in [0.25, 0.3) is 0 Å². The Bertz CT molecular complexity index is 293. The predicted octanol–water partition coefficient (Wildman–Crippen LogP) is 1.57. The second kappa shape index (κ2) is 6.02. The number of nitrogens with one attached hydrogen (secondary N) is 1. The van der Waals surface area contributed by atoms with Gasteiger partial charge in [-0.1, -0.05) is 6.08 Å². The number of alkyl carbamates (subject to hydrolysis) is 1. The lowest BCUT2D eigenvalue weighted by Crippen LogP contribution is -2.33. The first-order valence-electron chi connectivity index (χ1n) is 5.82. The van der Waals surface area contributed by atoms with Crippen LogP contribution in [0.2, 0.25) is 0 Å². The molecule has 0 spiro atoms. The number of hydrogen-bond donors (Lipinski definition) is 2. The van der Waals surface area contributed by atoms with E-state index in [1.807, 2.05) is 26.8 Å². The second-order valence-electron chi connectivity index (χ2n) is 5.05. The second-order valence-corrected chi connectivity index (χ2v) is 5.05. The maximum Gasteiger partial charge on any atom is 0.411 e. The number of ether oxygens (including phenoxy) is 2. The van der Waals surface area contributed by atoms with Gasteiger partial charge in [-0.2, -0.15) is 0 Å². The van der Waals surface area contributed by atoms with Crippen LogP contribution in [-0.4, -0.2) is 36.1 Å². The number of aliphatic hydroxyl groups is 1. The van der Waals surface area contributed by atoms with Crippen LogP contribution in [0.25, 0.3) is 0 Å². The van der Waals surface area contributed by atoms with Gasteiger partial charge in [0.05, 0.1) is 19.3 Å². The van der Waals surface area contributed by atoms with Crippen LogP contribution in [0, 0.1) is 0 Å². The van der Waals surface area contributed by atoms with Crippen molar-refractivity contribution in [3.8, 4) is 0 Å². The normalized spacial score (nSPS) is 21.4. The molecule has 0 aromatic heterocycles. The van der Waals surface area contributed by atoms with Crippen molar-refractivity contribution >= 4 is 6.09 Å². The minimum atomic E-state index is -0.510. The highest BCUT2D eigenvalue weighted by atomic mass is 16.6. The molecule has 1 rings (SSSR count). The molecule has 1 atom stereocenters. The van der Waals surface area contributed by atoms with Gasteiger partial charge in [0.2, 0.25) is 0 Å².